The lowest BCUT2D eigenvalue weighted by molar-refractivity contribution is -0.118. The summed E-state index contributed by atoms with van der Waals surface area (Å²) in [6.45, 7) is 2.28. The fourth-order valence-corrected chi connectivity index (χ4v) is 2.27. The van der Waals surface area contributed by atoms with E-state index in [1.807, 2.05) is 6.92 Å². The summed E-state index contributed by atoms with van der Waals surface area (Å²) in [5, 5.41) is 12.5. The number of nitrogens with one attached hydrogen (secondary N) is 1. The second-order valence-electron chi connectivity index (χ2n) is 4.73. The number of halogens is 1. The molecule has 108 valence electrons. The molecular formula is C15H18ClNO3. The Bertz CT molecular complexity index is 528. The van der Waals surface area contributed by atoms with E-state index in [-0.39, 0.29) is 25.2 Å². The number of hydrogen-bond donors (Lipinski definition) is 2. The van der Waals surface area contributed by atoms with Crippen LogP contribution in [-0.4, -0.2) is 30.3 Å². The van der Waals surface area contributed by atoms with Crippen molar-refractivity contribution in [3.05, 3.63) is 34.4 Å². The van der Waals surface area contributed by atoms with Gasteiger partial charge in [-0.15, -0.1) is 0 Å². The van der Waals surface area contributed by atoms with Crippen molar-refractivity contribution < 1.29 is 14.6 Å². The van der Waals surface area contributed by atoms with Gasteiger partial charge in [-0.05, 0) is 37.1 Å². The zero-order chi connectivity index (χ0) is 14.5. The molecule has 1 amide bonds. The number of carbonyl (C=O) groups excluding carboxylic acids is 1. The monoisotopic (exact) mass is 295 g/mol. The van der Waals surface area contributed by atoms with Crippen LogP contribution in [0.25, 0.3) is 6.08 Å². The Morgan fingerprint density at radius 3 is 3.05 bits per heavy atom. The normalized spacial score (nSPS) is 14.8. The number of ether oxygens (including phenoxy) is 1. The number of aliphatic hydroxyl groups excluding tert-OH is 1. The van der Waals surface area contributed by atoms with Crippen molar-refractivity contribution in [1.29, 1.82) is 0 Å². The fourth-order valence-electron chi connectivity index (χ4n) is 2.09. The predicted octanol–water partition coefficient (Wildman–Crippen LogP) is 2.39. The summed E-state index contributed by atoms with van der Waals surface area (Å²) in [4.78, 5) is 12.2. The Balaban J connectivity index is 2.11. The number of carbonyl (C=O) groups is 1. The zero-order valence-corrected chi connectivity index (χ0v) is 12.1. The van der Waals surface area contributed by atoms with Gasteiger partial charge < -0.3 is 15.2 Å². The average molecular weight is 296 g/mol. The third kappa shape index (κ3) is 3.52. The number of fused-ring (bicyclic) bond motifs is 1. The van der Waals surface area contributed by atoms with Crippen molar-refractivity contribution >= 4 is 23.6 Å². The van der Waals surface area contributed by atoms with Gasteiger partial charge in [0.2, 0.25) is 0 Å². The van der Waals surface area contributed by atoms with Crippen molar-refractivity contribution in [2.75, 3.05) is 13.2 Å². The van der Waals surface area contributed by atoms with Crippen LogP contribution in [0.1, 0.15) is 25.3 Å². The van der Waals surface area contributed by atoms with Crippen LogP contribution in [0.5, 0.6) is 5.75 Å². The molecule has 2 rings (SSSR count). The lowest BCUT2D eigenvalue weighted by atomic mass is 10.1. The third-order valence-corrected chi connectivity index (χ3v) is 3.52. The SMILES string of the molecule is CCC(CCO)NC(=O)C1=Cc2cc(Cl)ccc2OC1. The van der Waals surface area contributed by atoms with Gasteiger partial charge >= 0.3 is 0 Å². The standard InChI is InChI=1S/C15H18ClNO3/c1-2-13(5-6-18)17-15(19)11-7-10-8-12(16)3-4-14(10)20-9-11/h3-4,7-8,13,18H,2,5-6,9H2,1H3,(H,17,19). The van der Waals surface area contributed by atoms with Crippen molar-refractivity contribution in [1.82, 2.24) is 5.32 Å². The molecule has 0 aromatic heterocycles. The highest BCUT2D eigenvalue weighted by Gasteiger charge is 2.19. The van der Waals surface area contributed by atoms with Gasteiger partial charge in [0.15, 0.2) is 0 Å². The minimum Gasteiger partial charge on any atom is -0.488 e. The summed E-state index contributed by atoms with van der Waals surface area (Å²) in [7, 11) is 0. The Morgan fingerprint density at radius 1 is 1.55 bits per heavy atom. The number of aliphatic hydroxyl groups is 1. The zero-order valence-electron chi connectivity index (χ0n) is 11.4. The topological polar surface area (TPSA) is 58.6 Å². The van der Waals surface area contributed by atoms with Gasteiger partial charge in [-0.25, -0.2) is 0 Å². The maximum atomic E-state index is 12.2. The molecule has 1 aliphatic rings. The fraction of sp³-hybridized carbons (Fsp3) is 0.400. The van der Waals surface area contributed by atoms with Crippen LogP contribution < -0.4 is 10.1 Å². The van der Waals surface area contributed by atoms with Crippen LogP contribution in [0.15, 0.2) is 23.8 Å². The molecule has 0 saturated carbocycles. The van der Waals surface area contributed by atoms with E-state index < -0.39 is 0 Å². The largest absolute Gasteiger partial charge is 0.488 e. The first-order valence-electron chi connectivity index (χ1n) is 6.68. The van der Waals surface area contributed by atoms with Crippen molar-refractivity contribution in [2.24, 2.45) is 0 Å². The summed E-state index contributed by atoms with van der Waals surface area (Å²) in [5.74, 6) is 0.573. The van der Waals surface area contributed by atoms with Gasteiger partial charge in [0.25, 0.3) is 5.91 Å². The van der Waals surface area contributed by atoms with Gasteiger partial charge in [-0.2, -0.15) is 0 Å². The molecule has 5 heteroatoms. The molecule has 0 radical (unpaired) electrons. The highest BCUT2D eigenvalue weighted by Crippen LogP contribution is 2.29. The van der Waals surface area contributed by atoms with Gasteiger partial charge in [0, 0.05) is 23.2 Å². The highest BCUT2D eigenvalue weighted by atomic mass is 35.5. The number of rotatable bonds is 5. The van der Waals surface area contributed by atoms with E-state index in [2.05, 4.69) is 5.32 Å². The Hall–Kier alpha value is -1.52. The molecule has 0 aliphatic carbocycles. The Labute approximate surface area is 123 Å². The molecule has 1 aromatic rings. The molecule has 1 aliphatic heterocycles. The summed E-state index contributed by atoms with van der Waals surface area (Å²) >= 11 is 5.94. The smallest absolute Gasteiger partial charge is 0.250 e. The van der Waals surface area contributed by atoms with E-state index in [0.29, 0.717) is 17.0 Å². The number of amides is 1. The molecule has 2 N–H and O–H groups in total. The third-order valence-electron chi connectivity index (χ3n) is 3.28. The van der Waals surface area contributed by atoms with Crippen LogP contribution in [0, 0.1) is 0 Å². The van der Waals surface area contributed by atoms with Crippen molar-refractivity contribution in [3.8, 4) is 5.75 Å². The molecule has 4 nitrogen and oxygen atoms in total. The minimum atomic E-state index is -0.157. The van der Waals surface area contributed by atoms with E-state index in [4.69, 9.17) is 21.4 Å². The molecule has 1 atom stereocenters. The van der Waals surface area contributed by atoms with Gasteiger partial charge in [0.05, 0.1) is 5.57 Å². The molecule has 0 fully saturated rings. The van der Waals surface area contributed by atoms with Crippen LogP contribution in [0.2, 0.25) is 5.02 Å². The van der Waals surface area contributed by atoms with E-state index in [1.165, 1.54) is 0 Å². The van der Waals surface area contributed by atoms with E-state index in [1.54, 1.807) is 24.3 Å². The lowest BCUT2D eigenvalue weighted by Gasteiger charge is -2.20. The summed E-state index contributed by atoms with van der Waals surface area (Å²) < 4.78 is 5.55. The number of benzene rings is 1. The minimum absolute atomic E-state index is 0.0193. The van der Waals surface area contributed by atoms with Gasteiger partial charge in [-0.3, -0.25) is 4.79 Å². The molecule has 1 aromatic carbocycles. The van der Waals surface area contributed by atoms with E-state index >= 15 is 0 Å². The van der Waals surface area contributed by atoms with Gasteiger partial charge in [0.1, 0.15) is 12.4 Å². The first-order valence-corrected chi connectivity index (χ1v) is 7.06. The average Bonchev–Trinajstić information content (AvgIpc) is 2.45. The highest BCUT2D eigenvalue weighted by molar-refractivity contribution is 6.30. The molecule has 0 saturated heterocycles. The summed E-state index contributed by atoms with van der Waals surface area (Å²) in [6, 6.07) is 5.31. The Kier molecular flexibility index (Phi) is 5.04. The summed E-state index contributed by atoms with van der Waals surface area (Å²) in [5.41, 5.74) is 1.38. The molecular weight excluding hydrogens is 278 g/mol. The maximum absolute atomic E-state index is 12.2. The van der Waals surface area contributed by atoms with Crippen LogP contribution in [0.3, 0.4) is 0 Å². The van der Waals surface area contributed by atoms with E-state index in [9.17, 15) is 4.79 Å². The lowest BCUT2D eigenvalue weighted by Crippen LogP contribution is -2.37. The van der Waals surface area contributed by atoms with Crippen LogP contribution >= 0.6 is 11.6 Å². The maximum Gasteiger partial charge on any atom is 0.250 e. The van der Waals surface area contributed by atoms with Crippen molar-refractivity contribution in [3.63, 3.8) is 0 Å². The quantitative estimate of drug-likeness (QED) is 0.877. The second kappa shape index (κ2) is 6.77. The van der Waals surface area contributed by atoms with Crippen LogP contribution in [-0.2, 0) is 4.79 Å². The van der Waals surface area contributed by atoms with Crippen molar-refractivity contribution in [2.45, 2.75) is 25.8 Å². The molecule has 1 heterocycles. The Morgan fingerprint density at radius 2 is 2.35 bits per heavy atom. The molecule has 0 bridgehead atoms. The van der Waals surface area contributed by atoms with Gasteiger partial charge in [-0.1, -0.05) is 18.5 Å². The summed E-state index contributed by atoms with van der Waals surface area (Å²) in [6.07, 6.45) is 3.13. The van der Waals surface area contributed by atoms with Crippen LogP contribution in [0.4, 0.5) is 0 Å². The molecule has 0 spiro atoms. The first-order chi connectivity index (χ1) is 9.63. The second-order valence-corrected chi connectivity index (χ2v) is 5.17. The first kappa shape index (κ1) is 14.9. The predicted molar refractivity (Wildman–Crippen MR) is 78.8 cm³/mol. The number of hydrogen-bond acceptors (Lipinski definition) is 3. The van der Waals surface area contributed by atoms with E-state index in [0.717, 1.165) is 17.7 Å². The molecule has 20 heavy (non-hydrogen) atoms. The molecule has 1 unspecified atom stereocenters.